The summed E-state index contributed by atoms with van der Waals surface area (Å²) in [6.45, 7) is 3.87. The molecule has 0 bridgehead atoms. The van der Waals surface area contributed by atoms with Crippen molar-refractivity contribution in [3.05, 3.63) is 59.9 Å². The topological polar surface area (TPSA) is 150 Å². The third kappa shape index (κ3) is 3.19. The van der Waals surface area contributed by atoms with Crippen LogP contribution in [-0.4, -0.2) is 36.2 Å². The van der Waals surface area contributed by atoms with Gasteiger partial charge in [-0.2, -0.15) is 4.68 Å². The summed E-state index contributed by atoms with van der Waals surface area (Å²) in [4.78, 5) is 17.5. The van der Waals surface area contributed by atoms with Gasteiger partial charge in [0.05, 0.1) is 10.6 Å². The van der Waals surface area contributed by atoms with Crippen molar-refractivity contribution in [2.75, 3.05) is 5.73 Å². The molecule has 4 N–H and O–H groups in total. The molecular weight excluding hydrogens is 382 g/mol. The first-order chi connectivity index (χ1) is 13.6. The number of carbonyl (C=O) groups is 1. The predicted molar refractivity (Wildman–Crippen MR) is 101 cm³/mol. The minimum Gasteiger partial charge on any atom is -0.378 e. The predicted octanol–water partition coefficient (Wildman–Crippen LogP) is 1.26. The van der Waals surface area contributed by atoms with Gasteiger partial charge in [-0.05, 0) is 33.9 Å². The third-order valence-electron chi connectivity index (χ3n) is 3.67. The van der Waals surface area contributed by atoms with E-state index in [-0.39, 0.29) is 17.3 Å². The Kier molecular flexibility index (Phi) is 4.51. The molecular formula is C16H13N9O2S. The van der Waals surface area contributed by atoms with E-state index in [0.29, 0.717) is 11.4 Å². The number of hydrogen-bond donors (Lipinski definition) is 3. The molecule has 140 valence electrons. The molecule has 0 aliphatic rings. The normalized spacial score (nSPS) is 10.6. The molecule has 0 aliphatic carbocycles. The fourth-order valence-corrected chi connectivity index (χ4v) is 3.12. The first kappa shape index (κ1) is 17.4. The maximum Gasteiger partial charge on any atom is 0.292 e. The van der Waals surface area contributed by atoms with Crippen LogP contribution in [0.5, 0.6) is 0 Å². The number of nitrogens with two attached hydrogens (primary N) is 1. The second kappa shape index (κ2) is 7.28. The van der Waals surface area contributed by atoms with E-state index in [4.69, 9.17) is 5.73 Å². The summed E-state index contributed by atoms with van der Waals surface area (Å²) >= 11 is 1.40. The lowest BCUT2D eigenvalue weighted by Gasteiger charge is -2.10. The largest absolute Gasteiger partial charge is 0.378 e. The zero-order valence-electron chi connectivity index (χ0n) is 14.2. The Bertz CT molecular complexity index is 1120. The van der Waals surface area contributed by atoms with E-state index in [2.05, 4.69) is 47.7 Å². The standard InChI is InChI=1S/C16H13N9O2S/c1-9(10-4-2-6-18-8-10)19-21-16(26)12-13(11-5-3-7-28-11)25(24-20-12)15-14(17)22-27-23-15/h2-8,19H,1H2,(H2,17,22)(H,21,26). The molecule has 1 amide bonds. The highest BCUT2D eigenvalue weighted by molar-refractivity contribution is 7.13. The van der Waals surface area contributed by atoms with Crippen molar-refractivity contribution in [2.24, 2.45) is 0 Å². The van der Waals surface area contributed by atoms with Gasteiger partial charge >= 0.3 is 0 Å². The molecule has 12 heteroatoms. The second-order valence-electron chi connectivity index (χ2n) is 5.45. The maximum atomic E-state index is 12.7. The van der Waals surface area contributed by atoms with Crippen LogP contribution in [-0.2, 0) is 0 Å². The van der Waals surface area contributed by atoms with Gasteiger partial charge in [-0.25, -0.2) is 4.63 Å². The summed E-state index contributed by atoms with van der Waals surface area (Å²) in [5.41, 5.74) is 12.7. The Balaban J connectivity index is 1.63. The number of aromatic nitrogens is 6. The molecule has 28 heavy (non-hydrogen) atoms. The minimum absolute atomic E-state index is 0.0257. The van der Waals surface area contributed by atoms with E-state index < -0.39 is 5.91 Å². The molecule has 0 saturated carbocycles. The van der Waals surface area contributed by atoms with Crippen molar-refractivity contribution >= 4 is 28.8 Å². The van der Waals surface area contributed by atoms with Gasteiger partial charge in [-0.1, -0.05) is 17.9 Å². The molecule has 0 spiro atoms. The Hall–Kier alpha value is -4.06. The number of nitrogens with zero attached hydrogens (tertiary/aromatic N) is 6. The van der Waals surface area contributed by atoms with Crippen LogP contribution in [0, 0.1) is 0 Å². The lowest BCUT2D eigenvalue weighted by atomic mass is 10.2. The number of thiophene rings is 1. The molecule has 0 aromatic carbocycles. The summed E-state index contributed by atoms with van der Waals surface area (Å²) in [6.07, 6.45) is 3.26. The number of amides is 1. The fraction of sp³-hybridized carbons (Fsp3) is 0. The molecule has 4 aromatic heterocycles. The number of nitrogens with one attached hydrogen (secondary N) is 2. The SMILES string of the molecule is C=C(NNC(=O)c1nnn(-c2nonc2N)c1-c1cccs1)c1cccnc1. The quantitative estimate of drug-likeness (QED) is 0.410. The molecule has 0 unspecified atom stereocenters. The Morgan fingerprint density at radius 2 is 2.14 bits per heavy atom. The zero-order valence-corrected chi connectivity index (χ0v) is 15.1. The number of hydrazine groups is 1. The molecule has 4 aromatic rings. The Labute approximate surface area is 161 Å². The third-order valence-corrected chi connectivity index (χ3v) is 4.55. The van der Waals surface area contributed by atoms with Gasteiger partial charge in [0.25, 0.3) is 5.91 Å². The smallest absolute Gasteiger partial charge is 0.292 e. The fourth-order valence-electron chi connectivity index (χ4n) is 2.36. The van der Waals surface area contributed by atoms with Crippen molar-refractivity contribution < 1.29 is 9.42 Å². The molecule has 4 heterocycles. The van der Waals surface area contributed by atoms with Crippen LogP contribution in [0.1, 0.15) is 16.1 Å². The van der Waals surface area contributed by atoms with E-state index in [0.717, 1.165) is 10.4 Å². The molecule has 0 atom stereocenters. The van der Waals surface area contributed by atoms with Gasteiger partial charge in [0.15, 0.2) is 5.69 Å². The van der Waals surface area contributed by atoms with Gasteiger partial charge in [0.2, 0.25) is 11.6 Å². The van der Waals surface area contributed by atoms with Crippen LogP contribution >= 0.6 is 11.3 Å². The molecule has 0 radical (unpaired) electrons. The van der Waals surface area contributed by atoms with Crippen molar-refractivity contribution in [3.63, 3.8) is 0 Å². The summed E-state index contributed by atoms with van der Waals surface area (Å²) in [5.74, 6) is -0.352. The number of nitrogen functional groups attached to an aromatic ring is 1. The highest BCUT2D eigenvalue weighted by Crippen LogP contribution is 2.29. The number of carbonyl (C=O) groups excluding carboxylic acids is 1. The monoisotopic (exact) mass is 395 g/mol. The Morgan fingerprint density at radius 1 is 1.25 bits per heavy atom. The van der Waals surface area contributed by atoms with Crippen LogP contribution in [0.3, 0.4) is 0 Å². The highest BCUT2D eigenvalue weighted by atomic mass is 32.1. The highest BCUT2D eigenvalue weighted by Gasteiger charge is 2.25. The van der Waals surface area contributed by atoms with Crippen molar-refractivity contribution in [1.29, 1.82) is 0 Å². The van der Waals surface area contributed by atoms with Gasteiger partial charge in [-0.3, -0.25) is 20.6 Å². The molecule has 4 rings (SSSR count). The first-order valence-electron chi connectivity index (χ1n) is 7.89. The maximum absolute atomic E-state index is 12.7. The Morgan fingerprint density at radius 3 is 2.82 bits per heavy atom. The van der Waals surface area contributed by atoms with Crippen LogP contribution in [0.25, 0.3) is 22.1 Å². The van der Waals surface area contributed by atoms with Gasteiger partial charge in [0.1, 0.15) is 5.69 Å². The summed E-state index contributed by atoms with van der Waals surface area (Å²) < 4.78 is 5.94. The van der Waals surface area contributed by atoms with E-state index in [1.54, 1.807) is 18.5 Å². The average Bonchev–Trinajstić information content (AvgIpc) is 3.46. The summed E-state index contributed by atoms with van der Waals surface area (Å²) in [7, 11) is 0. The number of anilines is 1. The summed E-state index contributed by atoms with van der Waals surface area (Å²) in [5, 5.41) is 17.1. The minimum atomic E-state index is -0.519. The zero-order chi connectivity index (χ0) is 19.5. The van der Waals surface area contributed by atoms with Crippen LogP contribution in [0.4, 0.5) is 5.82 Å². The first-order valence-corrected chi connectivity index (χ1v) is 8.76. The molecule has 0 saturated heterocycles. The molecule has 0 aliphatic heterocycles. The molecule has 0 fully saturated rings. The van der Waals surface area contributed by atoms with E-state index in [9.17, 15) is 4.79 Å². The van der Waals surface area contributed by atoms with E-state index in [1.165, 1.54) is 16.0 Å². The lowest BCUT2D eigenvalue weighted by molar-refractivity contribution is 0.0938. The van der Waals surface area contributed by atoms with Crippen molar-refractivity contribution in [3.8, 4) is 16.4 Å². The van der Waals surface area contributed by atoms with Crippen LogP contribution < -0.4 is 16.6 Å². The second-order valence-corrected chi connectivity index (χ2v) is 6.40. The van der Waals surface area contributed by atoms with Gasteiger partial charge < -0.3 is 5.73 Å². The van der Waals surface area contributed by atoms with Crippen molar-refractivity contribution in [2.45, 2.75) is 0 Å². The van der Waals surface area contributed by atoms with E-state index >= 15 is 0 Å². The number of rotatable bonds is 6. The van der Waals surface area contributed by atoms with Crippen LogP contribution in [0.2, 0.25) is 0 Å². The number of pyridine rings is 1. The van der Waals surface area contributed by atoms with Crippen LogP contribution in [0.15, 0.2) is 53.2 Å². The average molecular weight is 395 g/mol. The number of hydrogen-bond acceptors (Lipinski definition) is 10. The van der Waals surface area contributed by atoms with Gasteiger partial charge in [0, 0.05) is 18.0 Å². The van der Waals surface area contributed by atoms with E-state index in [1.807, 2.05) is 23.6 Å². The van der Waals surface area contributed by atoms with Gasteiger partial charge in [-0.15, -0.1) is 16.4 Å². The summed E-state index contributed by atoms with van der Waals surface area (Å²) in [6, 6.07) is 7.23. The van der Waals surface area contributed by atoms with Crippen molar-refractivity contribution in [1.82, 2.24) is 41.1 Å². The molecule has 11 nitrogen and oxygen atoms in total. The lowest BCUT2D eigenvalue weighted by Crippen LogP contribution is -2.36.